The van der Waals surface area contributed by atoms with Crippen LogP contribution in [0.15, 0.2) is 71.6 Å². The molecule has 0 amide bonds. The fourth-order valence-corrected chi connectivity index (χ4v) is 3.36. The van der Waals surface area contributed by atoms with E-state index in [2.05, 4.69) is 5.32 Å². The van der Waals surface area contributed by atoms with Crippen molar-refractivity contribution in [2.24, 2.45) is 0 Å². The molecule has 0 aliphatic carbocycles. The summed E-state index contributed by atoms with van der Waals surface area (Å²) >= 11 is 0. The number of benzene rings is 2. The highest BCUT2D eigenvalue weighted by molar-refractivity contribution is 5.97. The van der Waals surface area contributed by atoms with Crippen LogP contribution in [-0.4, -0.2) is 13.1 Å². The van der Waals surface area contributed by atoms with E-state index in [0.717, 1.165) is 28.1 Å². The molecule has 1 heterocycles. The van der Waals surface area contributed by atoms with Gasteiger partial charge in [-0.15, -0.1) is 0 Å². The number of nitrogens with one attached hydrogen (secondary N) is 1. The summed E-state index contributed by atoms with van der Waals surface area (Å²) in [5.74, 6) is -1.02. The summed E-state index contributed by atoms with van der Waals surface area (Å²) in [6.45, 7) is 3.84. The van der Waals surface area contributed by atoms with Gasteiger partial charge in [0.1, 0.15) is 5.82 Å². The van der Waals surface area contributed by atoms with E-state index in [9.17, 15) is 9.18 Å². The van der Waals surface area contributed by atoms with Crippen LogP contribution in [0.2, 0.25) is 0 Å². The Morgan fingerprint density at radius 2 is 1.64 bits per heavy atom. The molecule has 0 aromatic heterocycles. The molecular formula is C21H20FNO2. The minimum Gasteiger partial charge on any atom is -0.466 e. The molecule has 0 spiro atoms. The van der Waals surface area contributed by atoms with Gasteiger partial charge in [-0.3, -0.25) is 0 Å². The van der Waals surface area contributed by atoms with Crippen molar-refractivity contribution < 1.29 is 13.9 Å². The van der Waals surface area contributed by atoms with Crippen molar-refractivity contribution in [3.63, 3.8) is 0 Å². The molecule has 1 unspecified atom stereocenters. The lowest BCUT2D eigenvalue weighted by Gasteiger charge is -2.31. The highest BCUT2D eigenvalue weighted by Crippen LogP contribution is 2.43. The Morgan fingerprint density at radius 3 is 2.24 bits per heavy atom. The molecule has 3 rings (SSSR count). The fourth-order valence-electron chi connectivity index (χ4n) is 3.36. The molecule has 4 heteroatoms. The zero-order valence-electron chi connectivity index (χ0n) is 14.5. The fraction of sp³-hybridized carbons (Fsp3) is 0.190. The zero-order valence-corrected chi connectivity index (χ0v) is 14.5. The number of dihydropyridines is 1. The van der Waals surface area contributed by atoms with E-state index >= 15 is 0 Å². The molecule has 1 aliphatic heterocycles. The number of hydrogen-bond acceptors (Lipinski definition) is 3. The lowest BCUT2D eigenvalue weighted by Crippen LogP contribution is -2.28. The van der Waals surface area contributed by atoms with E-state index < -0.39 is 0 Å². The van der Waals surface area contributed by atoms with E-state index in [-0.39, 0.29) is 17.7 Å². The molecule has 0 bridgehead atoms. The lowest BCUT2D eigenvalue weighted by atomic mass is 9.77. The van der Waals surface area contributed by atoms with Crippen molar-refractivity contribution in [1.82, 2.24) is 5.32 Å². The van der Waals surface area contributed by atoms with Crippen molar-refractivity contribution in [2.45, 2.75) is 19.8 Å². The van der Waals surface area contributed by atoms with Crippen LogP contribution >= 0.6 is 0 Å². The van der Waals surface area contributed by atoms with Crippen LogP contribution in [-0.2, 0) is 9.53 Å². The Hall–Kier alpha value is -2.88. The van der Waals surface area contributed by atoms with Crippen LogP contribution in [0.1, 0.15) is 30.9 Å². The molecule has 1 aliphatic rings. The van der Waals surface area contributed by atoms with Gasteiger partial charge < -0.3 is 10.1 Å². The molecule has 0 saturated carbocycles. The smallest absolute Gasteiger partial charge is 0.336 e. The third kappa shape index (κ3) is 3.20. The Labute approximate surface area is 146 Å². The minimum atomic E-state index is -0.389. The third-order valence-corrected chi connectivity index (χ3v) is 4.45. The van der Waals surface area contributed by atoms with Gasteiger partial charge in [0.15, 0.2) is 0 Å². The van der Waals surface area contributed by atoms with Gasteiger partial charge in [0.25, 0.3) is 0 Å². The third-order valence-electron chi connectivity index (χ3n) is 4.45. The van der Waals surface area contributed by atoms with Gasteiger partial charge in [-0.1, -0.05) is 42.5 Å². The molecule has 0 radical (unpaired) electrons. The van der Waals surface area contributed by atoms with Crippen molar-refractivity contribution >= 4 is 11.5 Å². The second-order valence-electron chi connectivity index (χ2n) is 6.04. The Kier molecular flexibility index (Phi) is 4.70. The highest BCUT2D eigenvalue weighted by Gasteiger charge is 2.34. The molecule has 3 nitrogen and oxygen atoms in total. The van der Waals surface area contributed by atoms with Crippen LogP contribution in [0.3, 0.4) is 0 Å². The highest BCUT2D eigenvalue weighted by atomic mass is 19.1. The molecule has 2 aromatic carbocycles. The average molecular weight is 337 g/mol. The van der Waals surface area contributed by atoms with Crippen molar-refractivity contribution in [3.8, 4) is 0 Å². The SMILES string of the molecule is COC(=O)C1=C(C)NC(C)=C(c2ccccc2)C1c1ccc(F)cc1. The Morgan fingerprint density at radius 1 is 1.00 bits per heavy atom. The first kappa shape index (κ1) is 17.0. The zero-order chi connectivity index (χ0) is 18.0. The molecule has 2 aromatic rings. The molecule has 0 saturated heterocycles. The van der Waals surface area contributed by atoms with E-state index in [1.54, 1.807) is 12.1 Å². The number of halogens is 1. The maximum Gasteiger partial charge on any atom is 0.336 e. The molecule has 0 fully saturated rings. The van der Waals surface area contributed by atoms with Gasteiger partial charge in [0.2, 0.25) is 0 Å². The number of esters is 1. The number of allylic oxidation sites excluding steroid dienone is 3. The maximum atomic E-state index is 13.4. The van der Waals surface area contributed by atoms with Gasteiger partial charge in [0, 0.05) is 17.3 Å². The first-order valence-corrected chi connectivity index (χ1v) is 8.10. The minimum absolute atomic E-state index is 0.306. The van der Waals surface area contributed by atoms with Crippen LogP contribution < -0.4 is 5.32 Å². The van der Waals surface area contributed by atoms with Gasteiger partial charge in [-0.2, -0.15) is 0 Å². The summed E-state index contributed by atoms with van der Waals surface area (Å²) in [6, 6.07) is 16.2. The van der Waals surface area contributed by atoms with Gasteiger partial charge in [-0.05, 0) is 42.7 Å². The number of rotatable bonds is 3. The molecule has 128 valence electrons. The first-order chi connectivity index (χ1) is 12.0. The number of carbonyl (C=O) groups is 1. The molecule has 1 N–H and O–H groups in total. The van der Waals surface area contributed by atoms with E-state index in [1.807, 2.05) is 44.2 Å². The van der Waals surface area contributed by atoms with Crippen LogP contribution in [0.25, 0.3) is 5.57 Å². The molecule has 1 atom stereocenters. The lowest BCUT2D eigenvalue weighted by molar-refractivity contribution is -0.136. The van der Waals surface area contributed by atoms with Crippen LogP contribution in [0, 0.1) is 5.82 Å². The average Bonchev–Trinajstić information content (AvgIpc) is 2.62. The summed E-state index contributed by atoms with van der Waals surface area (Å²) in [4.78, 5) is 12.5. The van der Waals surface area contributed by atoms with Crippen LogP contribution in [0.5, 0.6) is 0 Å². The summed E-state index contributed by atoms with van der Waals surface area (Å²) in [7, 11) is 1.37. The summed E-state index contributed by atoms with van der Waals surface area (Å²) in [6.07, 6.45) is 0. The molecule has 25 heavy (non-hydrogen) atoms. The maximum absolute atomic E-state index is 13.4. The predicted molar refractivity (Wildman–Crippen MR) is 96.0 cm³/mol. The predicted octanol–water partition coefficient (Wildman–Crippen LogP) is 4.39. The summed E-state index contributed by atoms with van der Waals surface area (Å²) in [5, 5.41) is 3.29. The largest absolute Gasteiger partial charge is 0.466 e. The second-order valence-corrected chi connectivity index (χ2v) is 6.04. The normalized spacial score (nSPS) is 17.4. The van der Waals surface area contributed by atoms with Gasteiger partial charge >= 0.3 is 5.97 Å². The quantitative estimate of drug-likeness (QED) is 0.844. The van der Waals surface area contributed by atoms with E-state index in [4.69, 9.17) is 4.74 Å². The summed E-state index contributed by atoms with van der Waals surface area (Å²) in [5.41, 5.74) is 5.09. The van der Waals surface area contributed by atoms with Crippen molar-refractivity contribution in [1.29, 1.82) is 0 Å². The number of ether oxygens (including phenoxy) is 1. The Bertz CT molecular complexity index is 851. The Balaban J connectivity index is 2.23. The first-order valence-electron chi connectivity index (χ1n) is 8.10. The number of carbonyl (C=O) groups excluding carboxylic acids is 1. The van der Waals surface area contributed by atoms with Gasteiger partial charge in [0.05, 0.1) is 12.7 Å². The van der Waals surface area contributed by atoms with E-state index in [1.165, 1.54) is 19.2 Å². The van der Waals surface area contributed by atoms with Gasteiger partial charge in [-0.25, -0.2) is 9.18 Å². The van der Waals surface area contributed by atoms with Crippen molar-refractivity contribution in [2.75, 3.05) is 7.11 Å². The standard InChI is InChI=1S/C21H20FNO2/c1-13-18(15-7-5-4-6-8-15)20(16-9-11-17(22)12-10-16)19(14(2)23-13)21(24)25-3/h4-12,20,23H,1-3H3. The van der Waals surface area contributed by atoms with Crippen LogP contribution in [0.4, 0.5) is 4.39 Å². The topological polar surface area (TPSA) is 38.3 Å². The summed E-state index contributed by atoms with van der Waals surface area (Å²) < 4.78 is 18.4. The molecular weight excluding hydrogens is 317 g/mol. The monoisotopic (exact) mass is 337 g/mol. The number of hydrogen-bond donors (Lipinski definition) is 1. The van der Waals surface area contributed by atoms with Crippen molar-refractivity contribution in [3.05, 3.63) is 88.5 Å². The number of methoxy groups -OCH3 is 1. The second kappa shape index (κ2) is 6.93. The van der Waals surface area contributed by atoms with E-state index in [0.29, 0.717) is 5.57 Å².